The fraction of sp³-hybridized carbons (Fsp3) is 0.857. The maximum absolute atomic E-state index is 5.79. The summed E-state index contributed by atoms with van der Waals surface area (Å²) in [6.45, 7) is 6.88. The number of hydrogen-bond donors (Lipinski definition) is 1. The first-order chi connectivity index (χ1) is 9.29. The van der Waals surface area contributed by atoms with E-state index in [0.717, 1.165) is 37.6 Å². The van der Waals surface area contributed by atoms with Crippen LogP contribution in [0.3, 0.4) is 0 Å². The van der Waals surface area contributed by atoms with Crippen LogP contribution < -0.4 is 5.32 Å². The Labute approximate surface area is 114 Å². The van der Waals surface area contributed by atoms with Crippen molar-refractivity contribution in [3.05, 3.63) is 11.7 Å². The van der Waals surface area contributed by atoms with Gasteiger partial charge in [-0.2, -0.15) is 4.98 Å². The Hall–Kier alpha value is -0.940. The Bertz CT molecular complexity index is 422. The summed E-state index contributed by atoms with van der Waals surface area (Å²) in [7, 11) is 0. The summed E-state index contributed by atoms with van der Waals surface area (Å²) in [6, 6.07) is 0. The molecule has 1 saturated heterocycles. The van der Waals surface area contributed by atoms with E-state index in [1.54, 1.807) is 0 Å². The minimum absolute atomic E-state index is 0.0331. The SMILES string of the molecule is CCOC(c1noc(C2(CC)CCNC2)n1)C1CC1. The van der Waals surface area contributed by atoms with Crippen molar-refractivity contribution in [1.29, 1.82) is 0 Å². The largest absolute Gasteiger partial charge is 0.370 e. The smallest absolute Gasteiger partial charge is 0.234 e. The van der Waals surface area contributed by atoms with Crippen LogP contribution in [0.5, 0.6) is 0 Å². The predicted octanol–water partition coefficient (Wildman–Crippen LogP) is 2.20. The molecule has 1 aliphatic carbocycles. The van der Waals surface area contributed by atoms with E-state index >= 15 is 0 Å². The summed E-state index contributed by atoms with van der Waals surface area (Å²) in [5, 5.41) is 7.60. The molecule has 1 aromatic rings. The average molecular weight is 265 g/mol. The molecule has 106 valence electrons. The first-order valence-electron chi connectivity index (χ1n) is 7.45. The topological polar surface area (TPSA) is 60.2 Å². The van der Waals surface area contributed by atoms with E-state index in [2.05, 4.69) is 22.4 Å². The van der Waals surface area contributed by atoms with E-state index in [1.807, 2.05) is 6.92 Å². The Morgan fingerprint density at radius 1 is 1.47 bits per heavy atom. The summed E-state index contributed by atoms with van der Waals surface area (Å²) < 4.78 is 11.4. The summed E-state index contributed by atoms with van der Waals surface area (Å²) in [5.41, 5.74) is 0.0333. The van der Waals surface area contributed by atoms with Crippen LogP contribution in [0.25, 0.3) is 0 Å². The van der Waals surface area contributed by atoms with Gasteiger partial charge in [-0.25, -0.2) is 0 Å². The van der Waals surface area contributed by atoms with E-state index in [4.69, 9.17) is 9.26 Å². The zero-order chi connectivity index (χ0) is 13.3. The van der Waals surface area contributed by atoms with Gasteiger partial charge in [0.2, 0.25) is 11.7 Å². The van der Waals surface area contributed by atoms with E-state index in [0.29, 0.717) is 12.5 Å². The molecule has 0 amide bonds. The number of ether oxygens (including phenoxy) is 1. The second-order valence-corrected chi connectivity index (χ2v) is 5.73. The second-order valence-electron chi connectivity index (χ2n) is 5.73. The molecule has 1 aliphatic heterocycles. The molecule has 1 N–H and O–H groups in total. The van der Waals surface area contributed by atoms with E-state index in [-0.39, 0.29) is 11.5 Å². The normalized spacial score (nSPS) is 28.7. The van der Waals surface area contributed by atoms with Gasteiger partial charge in [0.1, 0.15) is 6.10 Å². The molecule has 2 fully saturated rings. The maximum Gasteiger partial charge on any atom is 0.234 e. The third kappa shape index (κ3) is 2.41. The van der Waals surface area contributed by atoms with Crippen LogP contribution in [-0.2, 0) is 10.2 Å². The number of nitrogens with zero attached hydrogens (tertiary/aromatic N) is 2. The van der Waals surface area contributed by atoms with Crippen LogP contribution in [0.4, 0.5) is 0 Å². The van der Waals surface area contributed by atoms with Gasteiger partial charge in [0.05, 0.1) is 5.41 Å². The number of aromatic nitrogens is 2. The van der Waals surface area contributed by atoms with Crippen LogP contribution in [-0.4, -0.2) is 29.8 Å². The fourth-order valence-electron chi connectivity index (χ4n) is 2.95. The molecule has 3 rings (SSSR count). The molecular weight excluding hydrogens is 242 g/mol. The molecular formula is C14H23N3O2. The van der Waals surface area contributed by atoms with Crippen molar-refractivity contribution in [2.45, 2.75) is 51.0 Å². The highest BCUT2D eigenvalue weighted by molar-refractivity contribution is 5.11. The highest BCUT2D eigenvalue weighted by Crippen LogP contribution is 2.43. The highest BCUT2D eigenvalue weighted by atomic mass is 16.5. The first kappa shape index (κ1) is 13.1. The van der Waals surface area contributed by atoms with Gasteiger partial charge >= 0.3 is 0 Å². The summed E-state index contributed by atoms with van der Waals surface area (Å²) in [6.07, 6.45) is 4.58. The Balaban J connectivity index is 1.81. The van der Waals surface area contributed by atoms with Gasteiger partial charge in [-0.3, -0.25) is 0 Å². The van der Waals surface area contributed by atoms with Crippen molar-refractivity contribution in [2.24, 2.45) is 5.92 Å². The van der Waals surface area contributed by atoms with Crippen LogP contribution >= 0.6 is 0 Å². The summed E-state index contributed by atoms with van der Waals surface area (Å²) >= 11 is 0. The lowest BCUT2D eigenvalue weighted by Gasteiger charge is -2.21. The van der Waals surface area contributed by atoms with E-state index in [1.165, 1.54) is 12.8 Å². The van der Waals surface area contributed by atoms with Crippen LogP contribution in [0.15, 0.2) is 4.52 Å². The first-order valence-corrected chi connectivity index (χ1v) is 7.45. The van der Waals surface area contributed by atoms with Gasteiger partial charge in [0, 0.05) is 13.2 Å². The van der Waals surface area contributed by atoms with Crippen molar-refractivity contribution in [3.8, 4) is 0 Å². The van der Waals surface area contributed by atoms with Gasteiger partial charge in [0.25, 0.3) is 0 Å². The molecule has 0 radical (unpaired) electrons. The highest BCUT2D eigenvalue weighted by Gasteiger charge is 2.41. The summed E-state index contributed by atoms with van der Waals surface area (Å²) in [5.74, 6) is 2.13. The number of rotatable bonds is 6. The molecule has 1 aromatic heterocycles. The third-order valence-electron chi connectivity index (χ3n) is 4.47. The number of nitrogens with one attached hydrogen (secondary N) is 1. The van der Waals surface area contributed by atoms with Crippen LogP contribution in [0, 0.1) is 5.92 Å². The second kappa shape index (κ2) is 5.21. The van der Waals surface area contributed by atoms with Crippen molar-refractivity contribution < 1.29 is 9.26 Å². The van der Waals surface area contributed by atoms with E-state index < -0.39 is 0 Å². The van der Waals surface area contributed by atoms with Crippen LogP contribution in [0.1, 0.15) is 57.3 Å². The molecule has 2 heterocycles. The standard InChI is InChI=1S/C14H23N3O2/c1-3-14(7-8-15-9-14)13-16-12(17-19-13)11(18-4-2)10-5-6-10/h10-11,15H,3-9H2,1-2H3. The quantitative estimate of drug-likeness (QED) is 0.854. The molecule has 0 bridgehead atoms. The molecule has 1 saturated carbocycles. The molecule has 0 spiro atoms. The molecule has 2 unspecified atom stereocenters. The molecule has 2 aliphatic rings. The van der Waals surface area contributed by atoms with Gasteiger partial charge in [-0.05, 0) is 45.1 Å². The fourth-order valence-corrected chi connectivity index (χ4v) is 2.95. The molecule has 2 atom stereocenters. The Morgan fingerprint density at radius 2 is 2.32 bits per heavy atom. The lowest BCUT2D eigenvalue weighted by molar-refractivity contribution is 0.0384. The van der Waals surface area contributed by atoms with Crippen molar-refractivity contribution in [2.75, 3.05) is 19.7 Å². The van der Waals surface area contributed by atoms with Crippen molar-refractivity contribution in [3.63, 3.8) is 0 Å². The van der Waals surface area contributed by atoms with E-state index in [9.17, 15) is 0 Å². The minimum atomic E-state index is 0.0331. The third-order valence-corrected chi connectivity index (χ3v) is 4.47. The molecule has 5 nitrogen and oxygen atoms in total. The lowest BCUT2D eigenvalue weighted by Crippen LogP contribution is -2.28. The summed E-state index contributed by atoms with van der Waals surface area (Å²) in [4.78, 5) is 4.67. The molecule has 5 heteroatoms. The zero-order valence-electron chi connectivity index (χ0n) is 11.8. The van der Waals surface area contributed by atoms with Gasteiger partial charge in [0.15, 0.2) is 0 Å². The van der Waals surface area contributed by atoms with Gasteiger partial charge < -0.3 is 14.6 Å². The number of hydrogen-bond acceptors (Lipinski definition) is 5. The monoisotopic (exact) mass is 265 g/mol. The molecule has 19 heavy (non-hydrogen) atoms. The van der Waals surface area contributed by atoms with Gasteiger partial charge in [-0.1, -0.05) is 12.1 Å². The lowest BCUT2D eigenvalue weighted by atomic mass is 9.84. The average Bonchev–Trinajstić information content (AvgIpc) is 2.94. The van der Waals surface area contributed by atoms with Crippen molar-refractivity contribution >= 4 is 0 Å². The Morgan fingerprint density at radius 3 is 2.89 bits per heavy atom. The molecule has 0 aromatic carbocycles. The maximum atomic E-state index is 5.79. The zero-order valence-corrected chi connectivity index (χ0v) is 11.8. The Kier molecular flexibility index (Phi) is 3.58. The predicted molar refractivity (Wildman–Crippen MR) is 70.8 cm³/mol. The van der Waals surface area contributed by atoms with Gasteiger partial charge in [-0.15, -0.1) is 0 Å². The van der Waals surface area contributed by atoms with Crippen molar-refractivity contribution in [1.82, 2.24) is 15.5 Å². The van der Waals surface area contributed by atoms with Crippen LogP contribution in [0.2, 0.25) is 0 Å². The minimum Gasteiger partial charge on any atom is -0.370 e.